The lowest BCUT2D eigenvalue weighted by Crippen LogP contribution is -2.11. The number of benzene rings is 11. The Hall–Kier alpha value is -8.40. The standard InChI is InChI=1S/C61H38N2O/c1-2-16-38(17-3-1)63-54-27-12-10-24-49(54)60-51(26-14-28-55(60)63)59-48-23-9-8-21-44(48)47-35-33-40(37-53(47)59)62(56-29-15-31-58-61(56)50-25-11-13-30-57(50)64-58)39-32-34-46-43-20-5-4-18-41(43)42-19-6-7-22-45(42)52(46)36-39/h1-37,59H. The van der Waals surface area contributed by atoms with E-state index in [2.05, 4.69) is 234 Å². The molecule has 0 saturated carbocycles. The Morgan fingerprint density at radius 3 is 1.72 bits per heavy atom. The van der Waals surface area contributed by atoms with Crippen molar-refractivity contribution in [3.63, 3.8) is 0 Å². The number of fused-ring (bicyclic) bond motifs is 15. The van der Waals surface area contributed by atoms with E-state index in [0.29, 0.717) is 0 Å². The number of furan rings is 1. The first-order valence-electron chi connectivity index (χ1n) is 22.1. The van der Waals surface area contributed by atoms with Gasteiger partial charge in [-0.05, 0) is 127 Å². The summed E-state index contributed by atoms with van der Waals surface area (Å²) in [7, 11) is 0. The summed E-state index contributed by atoms with van der Waals surface area (Å²) in [5, 5.41) is 12.3. The second-order valence-corrected chi connectivity index (χ2v) is 17.1. The Labute approximate surface area is 369 Å². The summed E-state index contributed by atoms with van der Waals surface area (Å²) in [6.45, 7) is 0. The minimum absolute atomic E-state index is 0.00388. The molecular weight excluding hydrogens is 777 g/mol. The van der Waals surface area contributed by atoms with E-state index in [-0.39, 0.29) is 5.92 Å². The molecule has 1 aliphatic rings. The molecule has 3 nitrogen and oxygen atoms in total. The molecule has 0 spiro atoms. The maximum atomic E-state index is 6.56. The van der Waals surface area contributed by atoms with Crippen LogP contribution in [0.3, 0.4) is 0 Å². The van der Waals surface area contributed by atoms with E-state index in [4.69, 9.17) is 4.42 Å². The molecule has 14 rings (SSSR count). The highest BCUT2D eigenvalue weighted by molar-refractivity contribution is 6.26. The van der Waals surface area contributed by atoms with Crippen LogP contribution in [0.5, 0.6) is 0 Å². The van der Waals surface area contributed by atoms with Gasteiger partial charge in [-0.25, -0.2) is 0 Å². The summed E-state index contributed by atoms with van der Waals surface area (Å²) in [6.07, 6.45) is 0. The lowest BCUT2D eigenvalue weighted by molar-refractivity contribution is 0.669. The van der Waals surface area contributed by atoms with Crippen LogP contribution in [-0.2, 0) is 0 Å². The third-order valence-electron chi connectivity index (χ3n) is 13.8. The minimum Gasteiger partial charge on any atom is -0.456 e. The predicted octanol–water partition coefficient (Wildman–Crippen LogP) is 16.8. The second kappa shape index (κ2) is 13.5. The maximum Gasteiger partial charge on any atom is 0.137 e. The van der Waals surface area contributed by atoms with E-state index >= 15 is 0 Å². The quantitative estimate of drug-likeness (QED) is 0.161. The van der Waals surface area contributed by atoms with Crippen molar-refractivity contribution in [2.24, 2.45) is 0 Å². The summed E-state index contributed by atoms with van der Waals surface area (Å²) in [4.78, 5) is 2.47. The van der Waals surface area contributed by atoms with Gasteiger partial charge in [-0.1, -0.05) is 158 Å². The highest BCUT2D eigenvalue weighted by Gasteiger charge is 2.33. The van der Waals surface area contributed by atoms with Crippen molar-refractivity contribution in [2.45, 2.75) is 5.92 Å². The van der Waals surface area contributed by atoms with E-state index in [1.165, 1.54) is 81.9 Å². The molecule has 2 heterocycles. The van der Waals surface area contributed by atoms with Crippen LogP contribution in [0.1, 0.15) is 22.6 Å². The monoisotopic (exact) mass is 814 g/mol. The zero-order valence-corrected chi connectivity index (χ0v) is 34.7. The molecule has 0 aliphatic heterocycles. The van der Waals surface area contributed by atoms with Gasteiger partial charge in [0, 0.05) is 39.1 Å². The number of rotatable bonds is 5. The van der Waals surface area contributed by atoms with Crippen LogP contribution >= 0.6 is 0 Å². The molecular formula is C61H38N2O. The predicted molar refractivity (Wildman–Crippen MR) is 268 cm³/mol. The van der Waals surface area contributed by atoms with Crippen LogP contribution in [0.4, 0.5) is 17.1 Å². The SMILES string of the molecule is c1ccc(-n2c3ccccc3c3c(C4c5ccccc5-c5ccc(N(c6ccc7c8ccccc8c8ccccc8c7c6)c6cccc7oc8ccccc8c67)cc54)cccc32)cc1. The second-order valence-electron chi connectivity index (χ2n) is 17.1. The van der Waals surface area contributed by atoms with Crippen LogP contribution in [0.25, 0.3) is 92.9 Å². The first-order chi connectivity index (χ1) is 31.8. The third kappa shape index (κ3) is 4.98. The summed E-state index contributed by atoms with van der Waals surface area (Å²) in [5.74, 6) is 0.00388. The molecule has 1 aliphatic carbocycles. The van der Waals surface area contributed by atoms with E-state index in [1.54, 1.807) is 0 Å². The zero-order chi connectivity index (χ0) is 41.9. The Balaban J connectivity index is 1.05. The molecule has 298 valence electrons. The summed E-state index contributed by atoms with van der Waals surface area (Å²) in [6, 6.07) is 82.3. The molecule has 2 aromatic heterocycles. The molecule has 0 amide bonds. The summed E-state index contributed by atoms with van der Waals surface area (Å²) >= 11 is 0. The average molecular weight is 815 g/mol. The fourth-order valence-corrected chi connectivity index (χ4v) is 11.2. The van der Waals surface area contributed by atoms with Gasteiger partial charge < -0.3 is 13.9 Å². The van der Waals surface area contributed by atoms with Crippen LogP contribution in [-0.4, -0.2) is 4.57 Å². The van der Waals surface area contributed by atoms with Gasteiger partial charge in [-0.2, -0.15) is 0 Å². The van der Waals surface area contributed by atoms with Gasteiger partial charge >= 0.3 is 0 Å². The lowest BCUT2D eigenvalue weighted by atomic mass is 9.86. The van der Waals surface area contributed by atoms with Gasteiger partial charge in [-0.3, -0.25) is 0 Å². The first kappa shape index (κ1) is 35.2. The van der Waals surface area contributed by atoms with Crippen molar-refractivity contribution >= 4 is 93.1 Å². The Morgan fingerprint density at radius 2 is 0.906 bits per heavy atom. The van der Waals surface area contributed by atoms with Crippen LogP contribution in [0.15, 0.2) is 229 Å². The molecule has 1 atom stereocenters. The number of para-hydroxylation sites is 3. The van der Waals surface area contributed by atoms with Crippen molar-refractivity contribution in [2.75, 3.05) is 4.90 Å². The fraction of sp³-hybridized carbons (Fsp3) is 0.0164. The van der Waals surface area contributed by atoms with E-state index in [9.17, 15) is 0 Å². The normalized spacial score (nSPS) is 13.5. The van der Waals surface area contributed by atoms with Crippen LogP contribution in [0.2, 0.25) is 0 Å². The largest absolute Gasteiger partial charge is 0.456 e. The van der Waals surface area contributed by atoms with Crippen molar-refractivity contribution in [1.29, 1.82) is 0 Å². The van der Waals surface area contributed by atoms with Crippen LogP contribution in [0, 0.1) is 0 Å². The molecule has 0 saturated heterocycles. The van der Waals surface area contributed by atoms with Gasteiger partial charge in [0.1, 0.15) is 11.2 Å². The smallest absolute Gasteiger partial charge is 0.137 e. The molecule has 64 heavy (non-hydrogen) atoms. The first-order valence-corrected chi connectivity index (χ1v) is 22.1. The molecule has 1 unspecified atom stereocenters. The van der Waals surface area contributed by atoms with E-state index in [1.807, 2.05) is 0 Å². The molecule has 0 bridgehead atoms. The van der Waals surface area contributed by atoms with Gasteiger partial charge in [0.2, 0.25) is 0 Å². The number of hydrogen-bond acceptors (Lipinski definition) is 2. The van der Waals surface area contributed by atoms with Gasteiger partial charge in [0.15, 0.2) is 0 Å². The molecule has 11 aromatic carbocycles. The minimum atomic E-state index is 0.00388. The lowest BCUT2D eigenvalue weighted by Gasteiger charge is -2.28. The van der Waals surface area contributed by atoms with Crippen molar-refractivity contribution < 1.29 is 4.42 Å². The molecule has 0 N–H and O–H groups in total. The zero-order valence-electron chi connectivity index (χ0n) is 34.7. The highest BCUT2D eigenvalue weighted by Crippen LogP contribution is 2.53. The average Bonchev–Trinajstić information content (AvgIpc) is 4.02. The molecule has 13 aromatic rings. The number of anilines is 3. The summed E-state index contributed by atoms with van der Waals surface area (Å²) < 4.78 is 8.99. The molecule has 3 heteroatoms. The van der Waals surface area contributed by atoms with Crippen LogP contribution < -0.4 is 4.90 Å². The van der Waals surface area contributed by atoms with Crippen molar-refractivity contribution in [3.8, 4) is 16.8 Å². The van der Waals surface area contributed by atoms with Gasteiger partial charge in [0.25, 0.3) is 0 Å². The Morgan fingerprint density at radius 1 is 0.344 bits per heavy atom. The van der Waals surface area contributed by atoms with Gasteiger partial charge in [-0.15, -0.1) is 0 Å². The number of aromatic nitrogens is 1. The van der Waals surface area contributed by atoms with Crippen molar-refractivity contribution in [3.05, 3.63) is 241 Å². The Bertz CT molecular complexity index is 4010. The number of nitrogens with zero attached hydrogens (tertiary/aromatic N) is 2. The third-order valence-corrected chi connectivity index (χ3v) is 13.8. The maximum absolute atomic E-state index is 6.56. The van der Waals surface area contributed by atoms with Gasteiger partial charge in [0.05, 0.1) is 22.1 Å². The van der Waals surface area contributed by atoms with E-state index in [0.717, 1.165) is 44.7 Å². The molecule has 0 fully saturated rings. The number of hydrogen-bond donors (Lipinski definition) is 0. The Kier molecular flexibility index (Phi) is 7.46. The topological polar surface area (TPSA) is 21.3 Å². The molecule has 0 radical (unpaired) electrons. The fourth-order valence-electron chi connectivity index (χ4n) is 11.2. The summed E-state index contributed by atoms with van der Waals surface area (Å²) in [5.41, 5.74) is 15.1. The van der Waals surface area contributed by atoms with Crippen molar-refractivity contribution in [1.82, 2.24) is 4.57 Å². The highest BCUT2D eigenvalue weighted by atomic mass is 16.3. The van der Waals surface area contributed by atoms with E-state index < -0.39 is 0 Å².